The molecule has 5 rings (SSSR count). The van der Waals surface area contributed by atoms with Crippen molar-refractivity contribution in [2.24, 2.45) is 5.73 Å². The van der Waals surface area contributed by atoms with Crippen LogP contribution in [0.15, 0.2) is 88.7 Å². The molecular formula is C27H17BrFN3O. The third kappa shape index (κ3) is 3.99. The van der Waals surface area contributed by atoms with Crippen molar-refractivity contribution in [3.05, 3.63) is 117 Å². The third-order valence-electron chi connectivity index (χ3n) is 5.59. The van der Waals surface area contributed by atoms with Gasteiger partial charge in [0.1, 0.15) is 23.0 Å². The van der Waals surface area contributed by atoms with Crippen molar-refractivity contribution in [1.82, 2.24) is 4.98 Å². The number of fused-ring (bicyclic) bond motifs is 3. The highest BCUT2D eigenvalue weighted by Gasteiger charge is 2.32. The smallest absolute Gasteiger partial charge is 0.205 e. The van der Waals surface area contributed by atoms with Crippen LogP contribution in [0.2, 0.25) is 0 Å². The molecule has 1 aliphatic heterocycles. The summed E-state index contributed by atoms with van der Waals surface area (Å²) in [6.45, 7) is 0. The summed E-state index contributed by atoms with van der Waals surface area (Å²) in [6.07, 6.45) is 3.73. The molecular weight excluding hydrogens is 481 g/mol. The molecule has 4 nitrogen and oxygen atoms in total. The number of halogens is 2. The first-order chi connectivity index (χ1) is 16.0. The van der Waals surface area contributed by atoms with Crippen molar-refractivity contribution < 1.29 is 9.13 Å². The number of hydrogen-bond acceptors (Lipinski definition) is 4. The Kier molecular flexibility index (Phi) is 5.41. The molecule has 0 aliphatic carbocycles. The lowest BCUT2D eigenvalue weighted by Gasteiger charge is -2.27. The summed E-state index contributed by atoms with van der Waals surface area (Å²) in [4.78, 5) is 4.79. The lowest BCUT2D eigenvalue weighted by molar-refractivity contribution is 0.397. The van der Waals surface area contributed by atoms with Crippen LogP contribution in [0.3, 0.4) is 0 Å². The van der Waals surface area contributed by atoms with Crippen LogP contribution >= 0.6 is 15.9 Å². The summed E-state index contributed by atoms with van der Waals surface area (Å²) in [5.41, 5.74) is 10.6. The Hall–Kier alpha value is -3.95. The molecule has 33 heavy (non-hydrogen) atoms. The zero-order chi connectivity index (χ0) is 22.9. The SMILES string of the molecule is N#CC1=C(N)Oc2c(ccc3ccc(/C=C/c4ccc(F)cc4)nc23)C1c1ccc(Br)cc1. The number of benzene rings is 3. The van der Waals surface area contributed by atoms with Crippen LogP contribution in [0.4, 0.5) is 4.39 Å². The Labute approximate surface area is 198 Å². The van der Waals surface area contributed by atoms with Crippen molar-refractivity contribution in [1.29, 1.82) is 5.26 Å². The number of rotatable bonds is 3. The molecule has 0 saturated heterocycles. The quantitative estimate of drug-likeness (QED) is 0.349. The van der Waals surface area contributed by atoms with Gasteiger partial charge < -0.3 is 10.5 Å². The molecule has 1 atom stereocenters. The Bertz CT molecular complexity index is 1470. The van der Waals surface area contributed by atoms with E-state index in [1.54, 1.807) is 12.1 Å². The van der Waals surface area contributed by atoms with Crippen LogP contribution < -0.4 is 10.5 Å². The number of hydrogen-bond donors (Lipinski definition) is 1. The van der Waals surface area contributed by atoms with Gasteiger partial charge in [-0.15, -0.1) is 0 Å². The lowest BCUT2D eigenvalue weighted by atomic mass is 9.83. The molecule has 0 saturated carbocycles. The van der Waals surface area contributed by atoms with Gasteiger partial charge in [0.05, 0.1) is 11.6 Å². The Balaban J connectivity index is 1.62. The number of allylic oxidation sites excluding steroid dienone is 1. The van der Waals surface area contributed by atoms with Crippen LogP contribution in [-0.2, 0) is 0 Å². The Morgan fingerprint density at radius 1 is 0.970 bits per heavy atom. The van der Waals surface area contributed by atoms with Crippen molar-refractivity contribution in [2.45, 2.75) is 5.92 Å². The maximum absolute atomic E-state index is 13.2. The van der Waals surface area contributed by atoms with E-state index in [9.17, 15) is 9.65 Å². The predicted molar refractivity (Wildman–Crippen MR) is 131 cm³/mol. The minimum atomic E-state index is -0.350. The van der Waals surface area contributed by atoms with Crippen LogP contribution in [-0.4, -0.2) is 4.98 Å². The van der Waals surface area contributed by atoms with E-state index in [0.29, 0.717) is 16.8 Å². The fourth-order valence-electron chi connectivity index (χ4n) is 3.96. The van der Waals surface area contributed by atoms with Gasteiger partial charge in [0.2, 0.25) is 5.88 Å². The molecule has 1 aromatic heterocycles. The summed E-state index contributed by atoms with van der Waals surface area (Å²) >= 11 is 3.46. The second-order valence-corrected chi connectivity index (χ2v) is 8.57. The van der Waals surface area contributed by atoms with Crippen molar-refractivity contribution in [2.75, 3.05) is 0 Å². The van der Waals surface area contributed by atoms with Crippen molar-refractivity contribution >= 4 is 39.0 Å². The predicted octanol–water partition coefficient (Wildman–Crippen LogP) is 6.52. The maximum atomic E-state index is 13.2. The van der Waals surface area contributed by atoms with E-state index >= 15 is 0 Å². The van der Waals surface area contributed by atoms with E-state index in [4.69, 9.17) is 15.5 Å². The highest BCUT2D eigenvalue weighted by Crippen LogP contribution is 2.45. The molecule has 0 fully saturated rings. The molecule has 0 bridgehead atoms. The minimum absolute atomic E-state index is 0.0828. The highest BCUT2D eigenvalue weighted by molar-refractivity contribution is 9.10. The molecule has 2 heterocycles. The second-order valence-electron chi connectivity index (χ2n) is 7.65. The van der Waals surface area contributed by atoms with Gasteiger partial charge in [-0.05, 0) is 47.5 Å². The van der Waals surface area contributed by atoms with Gasteiger partial charge in [0.25, 0.3) is 0 Å². The largest absolute Gasteiger partial charge is 0.438 e. The number of aromatic nitrogens is 1. The van der Waals surface area contributed by atoms with Gasteiger partial charge in [0.15, 0.2) is 5.75 Å². The fraction of sp³-hybridized carbons (Fsp3) is 0.0370. The van der Waals surface area contributed by atoms with Gasteiger partial charge >= 0.3 is 0 Å². The summed E-state index contributed by atoms with van der Waals surface area (Å²) < 4.78 is 20.1. The minimum Gasteiger partial charge on any atom is -0.438 e. The van der Waals surface area contributed by atoms with Crippen LogP contribution in [0, 0.1) is 17.1 Å². The number of pyridine rings is 1. The molecule has 3 aromatic carbocycles. The van der Waals surface area contributed by atoms with E-state index in [-0.39, 0.29) is 17.6 Å². The van der Waals surface area contributed by atoms with Crippen molar-refractivity contribution in [3.63, 3.8) is 0 Å². The molecule has 1 aliphatic rings. The van der Waals surface area contributed by atoms with E-state index in [2.05, 4.69) is 22.0 Å². The summed E-state index contributed by atoms with van der Waals surface area (Å²) in [7, 11) is 0. The maximum Gasteiger partial charge on any atom is 0.205 e. The number of nitrogens with two attached hydrogens (primary N) is 1. The standard InChI is InChI=1S/C27H17BrFN3O/c28-19-8-4-17(5-9-19)24-22-14-7-18-6-13-21(12-3-16-1-10-20(29)11-2-16)32-25(18)26(22)33-27(31)23(24)15-30/h1-14,24H,31H2/b12-3+. The molecule has 0 radical (unpaired) electrons. The van der Waals surface area contributed by atoms with Crippen LogP contribution in [0.5, 0.6) is 5.75 Å². The molecule has 160 valence electrons. The van der Waals surface area contributed by atoms with Crippen LogP contribution in [0.1, 0.15) is 28.3 Å². The van der Waals surface area contributed by atoms with E-state index in [0.717, 1.165) is 32.2 Å². The fourth-order valence-corrected chi connectivity index (χ4v) is 4.22. The summed E-state index contributed by atoms with van der Waals surface area (Å²) in [5, 5.41) is 10.7. The van der Waals surface area contributed by atoms with E-state index in [1.165, 1.54) is 12.1 Å². The van der Waals surface area contributed by atoms with E-state index < -0.39 is 0 Å². The Morgan fingerprint density at radius 3 is 2.42 bits per heavy atom. The normalized spacial score (nSPS) is 15.4. The molecule has 0 amide bonds. The number of nitrogens with zero attached hydrogens (tertiary/aromatic N) is 2. The zero-order valence-corrected chi connectivity index (χ0v) is 18.9. The first kappa shape index (κ1) is 20.9. The van der Waals surface area contributed by atoms with Gasteiger partial charge in [0, 0.05) is 15.4 Å². The monoisotopic (exact) mass is 497 g/mol. The third-order valence-corrected chi connectivity index (χ3v) is 6.11. The summed E-state index contributed by atoms with van der Waals surface area (Å²) in [6, 6.07) is 24.1. The second kappa shape index (κ2) is 8.53. The van der Waals surface area contributed by atoms with Crippen LogP contribution in [0.25, 0.3) is 23.1 Å². The zero-order valence-electron chi connectivity index (χ0n) is 17.3. The molecule has 0 spiro atoms. The Morgan fingerprint density at radius 2 is 1.70 bits per heavy atom. The summed E-state index contributed by atoms with van der Waals surface area (Å²) in [5.74, 6) is 0.00681. The van der Waals surface area contributed by atoms with E-state index in [1.807, 2.05) is 60.7 Å². The first-order valence-electron chi connectivity index (χ1n) is 10.2. The van der Waals surface area contributed by atoms with Crippen molar-refractivity contribution in [3.8, 4) is 11.8 Å². The lowest BCUT2D eigenvalue weighted by Crippen LogP contribution is -2.21. The number of nitriles is 1. The molecule has 2 N–H and O–H groups in total. The molecule has 1 unspecified atom stereocenters. The molecule has 4 aromatic rings. The first-order valence-corrected chi connectivity index (χ1v) is 11.0. The molecule has 6 heteroatoms. The van der Waals surface area contributed by atoms with Gasteiger partial charge in [-0.1, -0.05) is 64.5 Å². The van der Waals surface area contributed by atoms with Gasteiger partial charge in [-0.25, -0.2) is 9.37 Å². The average molecular weight is 498 g/mol. The van der Waals surface area contributed by atoms with Gasteiger partial charge in [-0.3, -0.25) is 0 Å². The van der Waals surface area contributed by atoms with Gasteiger partial charge in [-0.2, -0.15) is 5.26 Å². The average Bonchev–Trinajstić information content (AvgIpc) is 2.83. The number of ether oxygens (including phenoxy) is 1. The highest BCUT2D eigenvalue weighted by atomic mass is 79.9. The topological polar surface area (TPSA) is 71.9 Å².